The molecule has 1 saturated heterocycles. The third-order valence-electron chi connectivity index (χ3n) is 4.10. The maximum atomic E-state index is 9.50. The molecule has 2 heteroatoms. The molecule has 1 fully saturated rings. The number of hydrogen-bond donors (Lipinski definition) is 0. The first-order valence-electron chi connectivity index (χ1n) is 7.31. The van der Waals surface area contributed by atoms with Crippen LogP contribution in [0.15, 0.2) is 30.3 Å². The number of likely N-dealkylation sites (tertiary alicyclic amines) is 1. The van der Waals surface area contributed by atoms with E-state index >= 15 is 0 Å². The average Bonchev–Trinajstić information content (AvgIpc) is 2.42. The first-order chi connectivity index (χ1) is 9.13. The van der Waals surface area contributed by atoms with E-state index < -0.39 is 0 Å². The van der Waals surface area contributed by atoms with Crippen LogP contribution in [0.25, 0.3) is 0 Å². The zero-order valence-electron chi connectivity index (χ0n) is 12.1. The molecular weight excluding hydrogens is 232 g/mol. The van der Waals surface area contributed by atoms with Crippen LogP contribution in [-0.4, -0.2) is 18.0 Å². The fourth-order valence-electron chi connectivity index (χ4n) is 3.12. The standard InChI is InChI=1S/C17H24N2/c1-15(2)12-17(14-18)8-10-19(11-9-17)13-16-6-4-3-5-7-16/h3-7,15H,8-13H2,1-2H3. The van der Waals surface area contributed by atoms with Crippen LogP contribution in [-0.2, 0) is 6.54 Å². The SMILES string of the molecule is CC(C)CC1(C#N)CCN(Cc2ccccc2)CC1. The van der Waals surface area contributed by atoms with Gasteiger partial charge in [-0.25, -0.2) is 0 Å². The first-order valence-corrected chi connectivity index (χ1v) is 7.31. The molecule has 0 radical (unpaired) electrons. The predicted molar refractivity (Wildman–Crippen MR) is 78.5 cm³/mol. The molecule has 0 saturated carbocycles. The van der Waals surface area contributed by atoms with E-state index in [4.69, 9.17) is 0 Å². The molecule has 1 aromatic carbocycles. The molecule has 0 amide bonds. The third kappa shape index (κ3) is 3.81. The highest BCUT2D eigenvalue weighted by Gasteiger charge is 2.35. The minimum Gasteiger partial charge on any atom is -0.299 e. The van der Waals surface area contributed by atoms with Crippen LogP contribution < -0.4 is 0 Å². The Morgan fingerprint density at radius 1 is 1.21 bits per heavy atom. The van der Waals surface area contributed by atoms with Gasteiger partial charge in [-0.2, -0.15) is 5.26 Å². The molecule has 102 valence electrons. The van der Waals surface area contributed by atoms with Gasteiger partial charge in [0, 0.05) is 19.6 Å². The van der Waals surface area contributed by atoms with Crippen molar-refractivity contribution in [3.63, 3.8) is 0 Å². The molecule has 0 unspecified atom stereocenters. The fourth-order valence-corrected chi connectivity index (χ4v) is 3.12. The van der Waals surface area contributed by atoms with E-state index in [1.807, 2.05) is 0 Å². The molecule has 0 spiro atoms. The maximum absolute atomic E-state index is 9.50. The molecule has 2 rings (SSSR count). The summed E-state index contributed by atoms with van der Waals surface area (Å²) in [6.45, 7) is 7.55. The zero-order valence-corrected chi connectivity index (χ0v) is 12.1. The molecule has 1 aliphatic heterocycles. The van der Waals surface area contributed by atoms with Gasteiger partial charge in [0.2, 0.25) is 0 Å². The van der Waals surface area contributed by atoms with Crippen molar-refractivity contribution in [2.45, 2.75) is 39.7 Å². The minimum atomic E-state index is -0.0681. The van der Waals surface area contributed by atoms with Gasteiger partial charge in [0.1, 0.15) is 0 Å². The lowest BCUT2D eigenvalue weighted by Crippen LogP contribution is -2.39. The van der Waals surface area contributed by atoms with Gasteiger partial charge in [0.15, 0.2) is 0 Å². The molecule has 0 aliphatic carbocycles. The number of nitriles is 1. The molecule has 1 aliphatic rings. The van der Waals surface area contributed by atoms with E-state index in [2.05, 4.69) is 55.1 Å². The molecule has 19 heavy (non-hydrogen) atoms. The van der Waals surface area contributed by atoms with E-state index in [-0.39, 0.29) is 5.41 Å². The summed E-state index contributed by atoms with van der Waals surface area (Å²) in [7, 11) is 0. The smallest absolute Gasteiger partial charge is 0.0690 e. The van der Waals surface area contributed by atoms with Gasteiger partial charge in [0.25, 0.3) is 0 Å². The summed E-state index contributed by atoms with van der Waals surface area (Å²) in [4.78, 5) is 2.48. The molecule has 1 heterocycles. The van der Waals surface area contributed by atoms with E-state index in [1.165, 1.54) is 5.56 Å². The molecule has 0 bridgehead atoms. The van der Waals surface area contributed by atoms with Gasteiger partial charge in [-0.15, -0.1) is 0 Å². The topological polar surface area (TPSA) is 27.0 Å². The normalized spacial score (nSPS) is 19.3. The Morgan fingerprint density at radius 3 is 2.37 bits per heavy atom. The number of hydrogen-bond acceptors (Lipinski definition) is 2. The number of piperidine rings is 1. The quantitative estimate of drug-likeness (QED) is 0.818. The lowest BCUT2D eigenvalue weighted by molar-refractivity contribution is 0.121. The summed E-state index contributed by atoms with van der Waals surface area (Å²) < 4.78 is 0. The second-order valence-corrected chi connectivity index (χ2v) is 6.25. The summed E-state index contributed by atoms with van der Waals surface area (Å²) >= 11 is 0. The van der Waals surface area contributed by atoms with Crippen LogP contribution in [0.1, 0.15) is 38.7 Å². The highest BCUT2D eigenvalue weighted by atomic mass is 15.1. The predicted octanol–water partition coefficient (Wildman–Crippen LogP) is 3.84. The average molecular weight is 256 g/mol. The van der Waals surface area contributed by atoms with Crippen LogP contribution in [0.5, 0.6) is 0 Å². The van der Waals surface area contributed by atoms with Gasteiger partial charge in [-0.1, -0.05) is 44.2 Å². The van der Waals surface area contributed by atoms with Crippen molar-refractivity contribution >= 4 is 0 Å². The highest BCUT2D eigenvalue weighted by molar-refractivity contribution is 5.14. The zero-order chi connectivity index (χ0) is 13.7. The van der Waals surface area contributed by atoms with Crippen molar-refractivity contribution in [3.05, 3.63) is 35.9 Å². The van der Waals surface area contributed by atoms with Crippen molar-refractivity contribution in [3.8, 4) is 6.07 Å². The van der Waals surface area contributed by atoms with Gasteiger partial charge < -0.3 is 0 Å². The van der Waals surface area contributed by atoms with Crippen LogP contribution in [0, 0.1) is 22.7 Å². The number of benzene rings is 1. The highest BCUT2D eigenvalue weighted by Crippen LogP contribution is 2.37. The monoisotopic (exact) mass is 256 g/mol. The summed E-state index contributed by atoms with van der Waals surface area (Å²) in [6.07, 6.45) is 3.09. The third-order valence-corrected chi connectivity index (χ3v) is 4.10. The van der Waals surface area contributed by atoms with Crippen LogP contribution in [0.3, 0.4) is 0 Å². The summed E-state index contributed by atoms with van der Waals surface area (Å²) in [5.41, 5.74) is 1.30. The van der Waals surface area contributed by atoms with Crippen molar-refractivity contribution < 1.29 is 0 Å². The Labute approximate surface area is 117 Å². The van der Waals surface area contributed by atoms with Gasteiger partial charge >= 0.3 is 0 Å². The van der Waals surface area contributed by atoms with Gasteiger partial charge in [0.05, 0.1) is 11.5 Å². The van der Waals surface area contributed by atoms with Crippen LogP contribution in [0.4, 0.5) is 0 Å². The second kappa shape index (κ2) is 6.21. The van der Waals surface area contributed by atoms with Gasteiger partial charge in [-0.3, -0.25) is 4.90 Å². The van der Waals surface area contributed by atoms with E-state index in [1.54, 1.807) is 0 Å². The lowest BCUT2D eigenvalue weighted by Gasteiger charge is -2.38. The molecule has 0 N–H and O–H groups in total. The van der Waals surface area contributed by atoms with Crippen LogP contribution in [0.2, 0.25) is 0 Å². The van der Waals surface area contributed by atoms with E-state index in [0.29, 0.717) is 5.92 Å². The lowest BCUT2D eigenvalue weighted by atomic mass is 9.74. The first kappa shape index (κ1) is 14.1. The second-order valence-electron chi connectivity index (χ2n) is 6.25. The van der Waals surface area contributed by atoms with Crippen molar-refractivity contribution in [2.24, 2.45) is 11.3 Å². The summed E-state index contributed by atoms with van der Waals surface area (Å²) in [6, 6.07) is 13.2. The molecule has 1 aromatic rings. The largest absolute Gasteiger partial charge is 0.299 e. The molecule has 0 aromatic heterocycles. The number of nitrogens with zero attached hydrogens (tertiary/aromatic N) is 2. The van der Waals surface area contributed by atoms with Gasteiger partial charge in [-0.05, 0) is 30.7 Å². The van der Waals surface area contributed by atoms with Crippen LogP contribution >= 0.6 is 0 Å². The molecule has 0 atom stereocenters. The Kier molecular flexibility index (Phi) is 4.61. The van der Waals surface area contributed by atoms with Crippen molar-refractivity contribution in [1.82, 2.24) is 4.90 Å². The Bertz CT molecular complexity index is 422. The minimum absolute atomic E-state index is 0.0681. The Balaban J connectivity index is 1.90. The Morgan fingerprint density at radius 2 is 1.84 bits per heavy atom. The van der Waals surface area contributed by atoms with E-state index in [9.17, 15) is 5.26 Å². The Hall–Kier alpha value is -1.33. The summed E-state index contributed by atoms with van der Waals surface area (Å²) in [5.74, 6) is 0.611. The molecular formula is C17H24N2. The van der Waals surface area contributed by atoms with E-state index in [0.717, 1.165) is 38.9 Å². The van der Waals surface area contributed by atoms with Crippen molar-refractivity contribution in [2.75, 3.05) is 13.1 Å². The summed E-state index contributed by atoms with van der Waals surface area (Å²) in [5, 5.41) is 9.50. The fraction of sp³-hybridized carbons (Fsp3) is 0.588. The van der Waals surface area contributed by atoms with Crippen molar-refractivity contribution in [1.29, 1.82) is 5.26 Å². The maximum Gasteiger partial charge on any atom is 0.0690 e. The number of rotatable bonds is 4. The molecule has 2 nitrogen and oxygen atoms in total.